The SMILES string of the molecule is Cl.N[C@@H]1CCCC[C@H]1C(=O)O. The molecule has 11 heavy (non-hydrogen) atoms. The number of aliphatic carboxylic acids is 1. The Balaban J connectivity index is 0.000001000. The Kier molecular flexibility index (Phi) is 4.45. The van der Waals surface area contributed by atoms with E-state index in [1.165, 1.54) is 0 Å². The summed E-state index contributed by atoms with van der Waals surface area (Å²) in [5.74, 6) is -1.01. The molecule has 0 radical (unpaired) electrons. The molecular formula is C7H14ClNO2. The average molecular weight is 180 g/mol. The van der Waals surface area contributed by atoms with Crippen LogP contribution >= 0.6 is 12.4 Å². The van der Waals surface area contributed by atoms with Gasteiger partial charge in [-0.1, -0.05) is 12.8 Å². The minimum Gasteiger partial charge on any atom is -0.481 e. The van der Waals surface area contributed by atoms with Crippen LogP contribution in [0.3, 0.4) is 0 Å². The summed E-state index contributed by atoms with van der Waals surface area (Å²) in [4.78, 5) is 10.5. The molecule has 0 unspecified atom stereocenters. The lowest BCUT2D eigenvalue weighted by atomic mass is 9.85. The van der Waals surface area contributed by atoms with Crippen molar-refractivity contribution in [3.8, 4) is 0 Å². The molecule has 4 heteroatoms. The summed E-state index contributed by atoms with van der Waals surface area (Å²) in [6.45, 7) is 0. The minimum atomic E-state index is -0.729. The molecule has 0 bridgehead atoms. The molecule has 2 atom stereocenters. The van der Waals surface area contributed by atoms with Crippen LogP contribution < -0.4 is 5.73 Å². The van der Waals surface area contributed by atoms with E-state index >= 15 is 0 Å². The van der Waals surface area contributed by atoms with E-state index in [0.29, 0.717) is 0 Å². The van der Waals surface area contributed by atoms with E-state index in [9.17, 15) is 4.79 Å². The highest BCUT2D eigenvalue weighted by Gasteiger charge is 2.27. The molecule has 0 aromatic heterocycles. The van der Waals surface area contributed by atoms with Gasteiger partial charge in [-0.3, -0.25) is 4.79 Å². The normalized spacial score (nSPS) is 30.6. The van der Waals surface area contributed by atoms with Crippen molar-refractivity contribution in [2.75, 3.05) is 0 Å². The number of nitrogens with two attached hydrogens (primary N) is 1. The van der Waals surface area contributed by atoms with Crippen molar-refractivity contribution in [2.24, 2.45) is 11.7 Å². The molecule has 0 aromatic carbocycles. The fraction of sp³-hybridized carbons (Fsp3) is 0.857. The molecule has 66 valence electrons. The average Bonchev–Trinajstić information content (AvgIpc) is 1.88. The van der Waals surface area contributed by atoms with E-state index in [4.69, 9.17) is 10.8 Å². The summed E-state index contributed by atoms with van der Waals surface area (Å²) in [7, 11) is 0. The molecule has 0 heterocycles. The zero-order valence-corrected chi connectivity index (χ0v) is 7.14. The van der Waals surface area contributed by atoms with E-state index in [2.05, 4.69) is 0 Å². The standard InChI is InChI=1S/C7H13NO2.ClH/c8-6-4-2-1-3-5(6)7(9)10;/h5-6H,1-4,8H2,(H,9,10);1H/t5-,6-;/m1./s1. The number of rotatable bonds is 1. The minimum absolute atomic E-state index is 0. The van der Waals surface area contributed by atoms with Crippen LogP contribution in [0.25, 0.3) is 0 Å². The van der Waals surface area contributed by atoms with Crippen LogP contribution in [-0.4, -0.2) is 17.1 Å². The molecule has 0 amide bonds. The zero-order valence-electron chi connectivity index (χ0n) is 6.32. The van der Waals surface area contributed by atoms with Crippen molar-refractivity contribution in [1.29, 1.82) is 0 Å². The van der Waals surface area contributed by atoms with Crippen LogP contribution in [0.1, 0.15) is 25.7 Å². The number of carbonyl (C=O) groups is 1. The quantitative estimate of drug-likeness (QED) is 0.632. The number of halogens is 1. The van der Waals surface area contributed by atoms with Crippen molar-refractivity contribution in [1.82, 2.24) is 0 Å². The van der Waals surface area contributed by atoms with Crippen LogP contribution in [0.15, 0.2) is 0 Å². The van der Waals surface area contributed by atoms with Gasteiger partial charge in [0, 0.05) is 6.04 Å². The van der Waals surface area contributed by atoms with E-state index in [0.717, 1.165) is 25.7 Å². The largest absolute Gasteiger partial charge is 0.481 e. The predicted molar refractivity (Wildman–Crippen MR) is 44.8 cm³/mol. The van der Waals surface area contributed by atoms with Gasteiger partial charge in [0.25, 0.3) is 0 Å². The monoisotopic (exact) mass is 179 g/mol. The van der Waals surface area contributed by atoms with Gasteiger partial charge in [0.1, 0.15) is 0 Å². The first-order chi connectivity index (χ1) is 4.72. The van der Waals surface area contributed by atoms with Gasteiger partial charge >= 0.3 is 5.97 Å². The molecule has 1 rings (SSSR count). The topological polar surface area (TPSA) is 63.3 Å². The molecule has 1 saturated carbocycles. The summed E-state index contributed by atoms with van der Waals surface area (Å²) < 4.78 is 0. The molecule has 0 saturated heterocycles. The van der Waals surface area contributed by atoms with Crippen molar-refractivity contribution in [2.45, 2.75) is 31.7 Å². The molecular weight excluding hydrogens is 166 g/mol. The van der Waals surface area contributed by atoms with Crippen molar-refractivity contribution in [3.05, 3.63) is 0 Å². The summed E-state index contributed by atoms with van der Waals surface area (Å²) in [5.41, 5.74) is 5.60. The fourth-order valence-corrected chi connectivity index (χ4v) is 1.47. The summed E-state index contributed by atoms with van der Waals surface area (Å²) in [6, 6.07) is -0.105. The smallest absolute Gasteiger partial charge is 0.308 e. The lowest BCUT2D eigenvalue weighted by molar-refractivity contribution is -0.143. The Morgan fingerprint density at radius 1 is 1.36 bits per heavy atom. The highest BCUT2D eigenvalue weighted by molar-refractivity contribution is 5.85. The van der Waals surface area contributed by atoms with Crippen LogP contribution in [0.2, 0.25) is 0 Å². The molecule has 0 aliphatic heterocycles. The number of carboxylic acid groups (broad SMARTS) is 1. The van der Waals surface area contributed by atoms with E-state index in [1.807, 2.05) is 0 Å². The van der Waals surface area contributed by atoms with Crippen LogP contribution in [-0.2, 0) is 4.79 Å². The first-order valence-corrected chi connectivity index (χ1v) is 3.70. The van der Waals surface area contributed by atoms with E-state index in [1.54, 1.807) is 0 Å². The molecule has 1 fully saturated rings. The van der Waals surface area contributed by atoms with Gasteiger partial charge in [0.2, 0.25) is 0 Å². The molecule has 0 aromatic rings. The summed E-state index contributed by atoms with van der Waals surface area (Å²) in [5, 5.41) is 8.63. The third-order valence-electron chi connectivity index (χ3n) is 2.14. The Hall–Kier alpha value is -0.280. The lowest BCUT2D eigenvalue weighted by Gasteiger charge is -2.24. The zero-order chi connectivity index (χ0) is 7.56. The Bertz CT molecular complexity index is 140. The van der Waals surface area contributed by atoms with E-state index < -0.39 is 5.97 Å². The highest BCUT2D eigenvalue weighted by Crippen LogP contribution is 2.22. The maximum Gasteiger partial charge on any atom is 0.308 e. The first-order valence-electron chi connectivity index (χ1n) is 3.70. The Labute approximate surface area is 72.4 Å². The van der Waals surface area contributed by atoms with E-state index in [-0.39, 0.29) is 24.4 Å². The molecule has 1 aliphatic rings. The van der Waals surface area contributed by atoms with Gasteiger partial charge in [-0.2, -0.15) is 0 Å². The van der Waals surface area contributed by atoms with Gasteiger partial charge in [-0.05, 0) is 12.8 Å². The second-order valence-corrected chi connectivity index (χ2v) is 2.89. The van der Waals surface area contributed by atoms with Crippen LogP contribution in [0, 0.1) is 5.92 Å². The van der Waals surface area contributed by atoms with Gasteiger partial charge in [0.15, 0.2) is 0 Å². The van der Waals surface area contributed by atoms with Gasteiger partial charge in [-0.25, -0.2) is 0 Å². The number of hydrogen-bond acceptors (Lipinski definition) is 2. The molecule has 0 spiro atoms. The fourth-order valence-electron chi connectivity index (χ4n) is 1.47. The molecule has 3 N–H and O–H groups in total. The van der Waals surface area contributed by atoms with Crippen LogP contribution in [0.5, 0.6) is 0 Å². The third kappa shape index (κ3) is 2.67. The van der Waals surface area contributed by atoms with Crippen molar-refractivity contribution in [3.63, 3.8) is 0 Å². The van der Waals surface area contributed by atoms with Crippen molar-refractivity contribution >= 4 is 18.4 Å². The van der Waals surface area contributed by atoms with Gasteiger partial charge < -0.3 is 10.8 Å². The first kappa shape index (κ1) is 10.7. The van der Waals surface area contributed by atoms with Gasteiger partial charge in [-0.15, -0.1) is 12.4 Å². The lowest BCUT2D eigenvalue weighted by Crippen LogP contribution is -2.37. The second kappa shape index (κ2) is 4.57. The number of hydrogen-bond donors (Lipinski definition) is 2. The van der Waals surface area contributed by atoms with Crippen molar-refractivity contribution < 1.29 is 9.90 Å². The Morgan fingerprint density at radius 3 is 2.27 bits per heavy atom. The maximum absolute atomic E-state index is 10.5. The van der Waals surface area contributed by atoms with Crippen LogP contribution in [0.4, 0.5) is 0 Å². The Morgan fingerprint density at radius 2 is 1.91 bits per heavy atom. The van der Waals surface area contributed by atoms with Gasteiger partial charge in [0.05, 0.1) is 5.92 Å². The highest BCUT2D eigenvalue weighted by atomic mass is 35.5. The second-order valence-electron chi connectivity index (χ2n) is 2.89. The third-order valence-corrected chi connectivity index (χ3v) is 2.14. The predicted octanol–water partition coefficient (Wildman–Crippen LogP) is 1.01. The molecule has 3 nitrogen and oxygen atoms in total. The summed E-state index contributed by atoms with van der Waals surface area (Å²) >= 11 is 0. The number of carboxylic acids is 1. The summed E-state index contributed by atoms with van der Waals surface area (Å²) in [6.07, 6.45) is 3.74. The molecule has 1 aliphatic carbocycles. The maximum atomic E-state index is 10.5.